The van der Waals surface area contributed by atoms with Gasteiger partial charge in [-0.15, -0.1) is 0 Å². The van der Waals surface area contributed by atoms with Gasteiger partial charge in [0.05, 0.1) is 24.3 Å². The molecule has 0 radical (unpaired) electrons. The maximum Gasteiger partial charge on any atom is 0.333 e. The van der Waals surface area contributed by atoms with Gasteiger partial charge in [-0.2, -0.15) is 8.42 Å². The largest absolute Gasteiger partial charge is 0.457 e. The summed E-state index contributed by atoms with van der Waals surface area (Å²) in [6.07, 6.45) is 0.729. The standard InChI is InChI=1S/C22H24N4O7S/c23-34(30,31)32-11-14-9-17(21(29)19(14)27)26-22-16(10-24-12-25-22)20(28)18-7-6-15(33-18)8-13-4-2-1-3-5-13/h1-7,10,12,14,17,19,21,27,29H,8-9,11H2,(H2,23,30,31)(H,24,25,26)/t14?,17-,19?,21+/m1/s1. The van der Waals surface area contributed by atoms with Crippen LogP contribution in [0.25, 0.3) is 0 Å². The number of aliphatic hydroxyl groups is 2. The highest BCUT2D eigenvalue weighted by Gasteiger charge is 2.42. The normalized spacial score (nSPS) is 22.6. The summed E-state index contributed by atoms with van der Waals surface area (Å²) in [7, 11) is -4.18. The third-order valence-electron chi connectivity index (χ3n) is 5.63. The monoisotopic (exact) mass is 488 g/mol. The van der Waals surface area contributed by atoms with Crippen molar-refractivity contribution in [3.63, 3.8) is 0 Å². The summed E-state index contributed by atoms with van der Waals surface area (Å²) >= 11 is 0. The predicted molar refractivity (Wildman–Crippen MR) is 120 cm³/mol. The molecule has 4 rings (SSSR count). The van der Waals surface area contributed by atoms with Crippen LogP contribution < -0.4 is 10.5 Å². The van der Waals surface area contributed by atoms with E-state index in [1.54, 1.807) is 12.1 Å². The third-order valence-corrected chi connectivity index (χ3v) is 6.10. The number of nitrogens with one attached hydrogen (secondary N) is 1. The summed E-state index contributed by atoms with van der Waals surface area (Å²) in [5.74, 6) is -0.282. The second-order valence-electron chi connectivity index (χ2n) is 8.05. The van der Waals surface area contributed by atoms with E-state index in [0.717, 1.165) is 5.56 Å². The van der Waals surface area contributed by atoms with Crippen molar-refractivity contribution < 1.29 is 32.0 Å². The average Bonchev–Trinajstić information content (AvgIpc) is 3.38. The topological polar surface area (TPSA) is 178 Å². The van der Waals surface area contributed by atoms with E-state index in [9.17, 15) is 23.4 Å². The van der Waals surface area contributed by atoms with Crippen LogP contribution in [0, 0.1) is 5.92 Å². The van der Waals surface area contributed by atoms with Crippen molar-refractivity contribution in [3.8, 4) is 0 Å². The first-order valence-electron chi connectivity index (χ1n) is 10.5. The van der Waals surface area contributed by atoms with E-state index in [2.05, 4.69) is 19.5 Å². The van der Waals surface area contributed by atoms with Crippen molar-refractivity contribution in [3.05, 3.63) is 77.6 Å². The lowest BCUT2D eigenvalue weighted by Gasteiger charge is -2.19. The number of anilines is 1. The molecule has 1 aliphatic carbocycles. The Morgan fingerprint density at radius 3 is 2.68 bits per heavy atom. The van der Waals surface area contributed by atoms with Gasteiger partial charge >= 0.3 is 10.3 Å². The minimum absolute atomic E-state index is 0.107. The zero-order chi connectivity index (χ0) is 24.3. The number of aromatic nitrogens is 2. The van der Waals surface area contributed by atoms with Crippen molar-refractivity contribution in [2.45, 2.75) is 31.1 Å². The first-order valence-corrected chi connectivity index (χ1v) is 12.0. The number of rotatable bonds is 9. The number of carbonyl (C=O) groups is 1. The van der Waals surface area contributed by atoms with E-state index < -0.39 is 40.3 Å². The number of ketones is 1. The molecule has 1 aromatic carbocycles. The fourth-order valence-corrected chi connectivity index (χ4v) is 4.29. The van der Waals surface area contributed by atoms with Crippen LogP contribution in [0.1, 0.15) is 33.9 Å². The lowest BCUT2D eigenvalue weighted by atomic mass is 10.1. The van der Waals surface area contributed by atoms with Gasteiger partial charge in [0.2, 0.25) is 5.78 Å². The molecule has 0 aliphatic heterocycles. The van der Waals surface area contributed by atoms with Crippen LogP contribution in [0.2, 0.25) is 0 Å². The van der Waals surface area contributed by atoms with Crippen molar-refractivity contribution >= 4 is 21.9 Å². The fourth-order valence-electron chi connectivity index (χ4n) is 3.93. The number of hydrogen-bond donors (Lipinski definition) is 4. The molecule has 4 atom stereocenters. The van der Waals surface area contributed by atoms with E-state index >= 15 is 0 Å². The Kier molecular flexibility index (Phi) is 7.05. The minimum atomic E-state index is -4.18. The van der Waals surface area contributed by atoms with Crippen LogP contribution in [0.3, 0.4) is 0 Å². The van der Waals surface area contributed by atoms with E-state index in [1.165, 1.54) is 12.5 Å². The smallest absolute Gasteiger partial charge is 0.333 e. The summed E-state index contributed by atoms with van der Waals surface area (Å²) in [6.45, 7) is -0.388. The van der Waals surface area contributed by atoms with Gasteiger partial charge in [-0.25, -0.2) is 15.1 Å². The molecule has 5 N–H and O–H groups in total. The number of benzene rings is 1. The van der Waals surface area contributed by atoms with Gasteiger partial charge in [-0.05, 0) is 24.1 Å². The summed E-state index contributed by atoms with van der Waals surface area (Å²) < 4.78 is 32.4. The molecule has 1 fully saturated rings. The first-order chi connectivity index (χ1) is 16.2. The quantitative estimate of drug-likeness (QED) is 0.312. The van der Waals surface area contributed by atoms with Crippen molar-refractivity contribution in [1.82, 2.24) is 9.97 Å². The average molecular weight is 489 g/mol. The Bertz CT molecular complexity index is 1250. The minimum Gasteiger partial charge on any atom is -0.457 e. The fraction of sp³-hybridized carbons (Fsp3) is 0.318. The van der Waals surface area contributed by atoms with Gasteiger partial charge in [0.1, 0.15) is 24.0 Å². The van der Waals surface area contributed by atoms with E-state index in [0.29, 0.717) is 12.2 Å². The molecule has 12 heteroatoms. The van der Waals surface area contributed by atoms with E-state index in [1.807, 2.05) is 30.3 Å². The number of nitrogens with two attached hydrogens (primary N) is 1. The maximum absolute atomic E-state index is 13.1. The second kappa shape index (κ2) is 9.99. The molecule has 1 aliphatic rings. The van der Waals surface area contributed by atoms with Crippen molar-refractivity contribution in [2.24, 2.45) is 11.1 Å². The van der Waals surface area contributed by atoms with Crippen LogP contribution in [0.4, 0.5) is 5.82 Å². The molecule has 0 saturated heterocycles. The van der Waals surface area contributed by atoms with Gasteiger partial charge in [0, 0.05) is 18.5 Å². The van der Waals surface area contributed by atoms with Crippen molar-refractivity contribution in [2.75, 3.05) is 11.9 Å². The third kappa shape index (κ3) is 5.66. The highest BCUT2D eigenvalue weighted by molar-refractivity contribution is 7.84. The lowest BCUT2D eigenvalue weighted by Crippen LogP contribution is -2.36. The number of nitrogens with zero attached hydrogens (tertiary/aromatic N) is 2. The molecule has 2 heterocycles. The summed E-state index contributed by atoms with van der Waals surface area (Å²) in [5, 5.41) is 28.5. The number of hydrogen-bond acceptors (Lipinski definition) is 10. The van der Waals surface area contributed by atoms with Crippen LogP contribution in [0.15, 0.2) is 59.4 Å². The van der Waals surface area contributed by atoms with Gasteiger partial charge in [0.15, 0.2) is 5.76 Å². The Morgan fingerprint density at radius 1 is 1.18 bits per heavy atom. The zero-order valence-corrected chi connectivity index (χ0v) is 18.8. The van der Waals surface area contributed by atoms with E-state index in [-0.39, 0.29) is 30.2 Å². The van der Waals surface area contributed by atoms with Gasteiger partial charge in [-0.1, -0.05) is 30.3 Å². The molecular formula is C22H24N4O7S. The Morgan fingerprint density at radius 2 is 1.94 bits per heavy atom. The highest BCUT2D eigenvalue weighted by atomic mass is 32.2. The number of furan rings is 1. The molecule has 2 aromatic heterocycles. The SMILES string of the molecule is NS(=O)(=O)OCC1C[C@@H](Nc2ncncc2C(=O)c2ccc(Cc3ccccc3)o2)[C@H](O)C1O. The molecule has 180 valence electrons. The molecule has 3 aromatic rings. The summed E-state index contributed by atoms with van der Waals surface area (Å²) in [5.41, 5.74) is 1.16. The van der Waals surface area contributed by atoms with Crippen LogP contribution in [-0.4, -0.2) is 59.2 Å². The molecule has 11 nitrogen and oxygen atoms in total. The molecule has 0 spiro atoms. The second-order valence-corrected chi connectivity index (χ2v) is 9.27. The summed E-state index contributed by atoms with van der Waals surface area (Å²) in [4.78, 5) is 21.1. The van der Waals surface area contributed by atoms with Crippen LogP contribution in [0.5, 0.6) is 0 Å². The predicted octanol–water partition coefficient (Wildman–Crippen LogP) is 0.634. The highest BCUT2D eigenvalue weighted by Crippen LogP contribution is 2.30. The Hall–Kier alpha value is -3.16. The number of carbonyl (C=O) groups excluding carboxylic acids is 1. The van der Waals surface area contributed by atoms with Crippen LogP contribution >= 0.6 is 0 Å². The molecule has 0 bridgehead atoms. The zero-order valence-electron chi connectivity index (χ0n) is 17.9. The summed E-state index contributed by atoms with van der Waals surface area (Å²) in [6, 6.07) is 12.2. The molecule has 2 unspecified atom stereocenters. The maximum atomic E-state index is 13.1. The Labute approximate surface area is 195 Å². The van der Waals surface area contributed by atoms with Gasteiger partial charge < -0.3 is 19.9 Å². The van der Waals surface area contributed by atoms with Gasteiger partial charge in [0.25, 0.3) is 0 Å². The lowest BCUT2D eigenvalue weighted by molar-refractivity contribution is 0.00778. The van der Waals surface area contributed by atoms with Gasteiger partial charge in [-0.3, -0.25) is 8.98 Å². The molecule has 34 heavy (non-hydrogen) atoms. The molecule has 1 saturated carbocycles. The van der Waals surface area contributed by atoms with Crippen LogP contribution in [-0.2, 0) is 20.9 Å². The molecular weight excluding hydrogens is 464 g/mol. The first kappa shape index (κ1) is 24.0. The number of aliphatic hydroxyl groups excluding tert-OH is 2. The Balaban J connectivity index is 1.47. The van der Waals surface area contributed by atoms with E-state index in [4.69, 9.17) is 9.56 Å². The molecule has 0 amide bonds. The van der Waals surface area contributed by atoms with Crippen molar-refractivity contribution in [1.29, 1.82) is 0 Å².